The Balaban J connectivity index is 0.000000283. The van der Waals surface area contributed by atoms with E-state index in [-0.39, 0.29) is 10.7 Å². The van der Waals surface area contributed by atoms with Crippen LogP contribution >= 0.6 is 23.4 Å². The number of hydrogen-bond acceptors (Lipinski definition) is 2. The fourth-order valence-corrected chi connectivity index (χ4v) is 2.77. The van der Waals surface area contributed by atoms with Gasteiger partial charge in [-0.3, -0.25) is 0 Å². The molecule has 0 aliphatic heterocycles. The van der Waals surface area contributed by atoms with Crippen molar-refractivity contribution in [3.63, 3.8) is 0 Å². The molecule has 2 rings (SSSR count). The van der Waals surface area contributed by atoms with E-state index in [9.17, 15) is 30.7 Å². The van der Waals surface area contributed by atoms with Crippen LogP contribution in [-0.4, -0.2) is 11.9 Å². The second-order valence-electron chi connectivity index (χ2n) is 5.52. The Morgan fingerprint density at radius 3 is 2.04 bits per heavy atom. The van der Waals surface area contributed by atoms with Gasteiger partial charge in [-0.2, -0.15) is 26.3 Å². The normalized spacial score (nSPS) is 11.6. The number of nitrogen functional groups attached to an aromatic ring is 1. The maximum absolute atomic E-state index is 12.9. The molecular weight excluding hydrogens is 431 g/mol. The average Bonchev–Trinajstić information content (AvgIpc) is 2.56. The third-order valence-electron chi connectivity index (χ3n) is 3.21. The van der Waals surface area contributed by atoms with E-state index in [0.29, 0.717) is 27.8 Å². The lowest BCUT2D eigenvalue weighted by Crippen LogP contribution is -2.10. The molecule has 28 heavy (non-hydrogen) atoms. The highest BCUT2D eigenvalue weighted by molar-refractivity contribution is 7.99. The Kier molecular flexibility index (Phi) is 8.25. The number of halogens is 8. The molecular formula is C18H15ClF7NS. The fraction of sp³-hybridized carbons (Fsp3) is 0.222. The minimum atomic E-state index is -4.30. The van der Waals surface area contributed by atoms with Gasteiger partial charge in [0.15, 0.2) is 0 Å². The van der Waals surface area contributed by atoms with Crippen LogP contribution in [0.1, 0.15) is 16.7 Å². The molecule has 0 spiro atoms. The molecule has 2 aromatic carbocycles. The van der Waals surface area contributed by atoms with Crippen molar-refractivity contribution in [1.82, 2.24) is 0 Å². The molecule has 1 nitrogen and oxygen atoms in total. The van der Waals surface area contributed by atoms with E-state index in [2.05, 4.69) is 6.58 Å². The Morgan fingerprint density at radius 1 is 1.07 bits per heavy atom. The third kappa shape index (κ3) is 8.02. The number of hydrogen-bond donors (Lipinski definition) is 1. The van der Waals surface area contributed by atoms with Gasteiger partial charge in [0.25, 0.3) is 0 Å². The largest absolute Gasteiger partial charge is 0.416 e. The molecule has 0 unspecified atom stereocenters. The van der Waals surface area contributed by atoms with Crippen LogP contribution in [0.4, 0.5) is 36.4 Å². The molecule has 0 heterocycles. The van der Waals surface area contributed by atoms with Gasteiger partial charge in [0.05, 0.1) is 17.0 Å². The summed E-state index contributed by atoms with van der Waals surface area (Å²) in [6, 6.07) is 6.89. The highest BCUT2D eigenvalue weighted by atomic mass is 35.5. The first kappa shape index (κ1) is 24.2. The summed E-state index contributed by atoms with van der Waals surface area (Å²) in [5.74, 6) is -1.61. The van der Waals surface area contributed by atoms with Crippen LogP contribution in [0.5, 0.6) is 0 Å². The van der Waals surface area contributed by atoms with E-state index in [1.807, 2.05) is 0 Å². The van der Waals surface area contributed by atoms with Crippen molar-refractivity contribution in [2.45, 2.75) is 24.2 Å². The molecule has 2 aromatic rings. The molecule has 0 aliphatic carbocycles. The van der Waals surface area contributed by atoms with Crippen LogP contribution in [-0.2, 0) is 6.18 Å². The van der Waals surface area contributed by atoms with Gasteiger partial charge in [-0.1, -0.05) is 30.3 Å². The number of anilines is 1. The standard InChI is InChI=1S/C9H6ClF3.C9H9F4NS/c1-6(10)7-2-4-8(5-3-7)9(11,12)13;1-5-2-6(10)7(14)3-8(5)15-4-9(11,12)13/h2-5H,1H2;2-3H,4,14H2,1H3. The van der Waals surface area contributed by atoms with Crippen molar-refractivity contribution in [3.8, 4) is 0 Å². The number of rotatable bonds is 3. The van der Waals surface area contributed by atoms with Crippen molar-refractivity contribution in [2.24, 2.45) is 0 Å². The molecule has 0 aliphatic rings. The van der Waals surface area contributed by atoms with Gasteiger partial charge in [-0.15, -0.1) is 11.8 Å². The lowest BCUT2D eigenvalue weighted by atomic mass is 10.1. The Hall–Kier alpha value is -1.87. The summed E-state index contributed by atoms with van der Waals surface area (Å²) in [5.41, 5.74) is 5.39. The van der Waals surface area contributed by atoms with Gasteiger partial charge >= 0.3 is 12.4 Å². The molecule has 0 fully saturated rings. The zero-order valence-electron chi connectivity index (χ0n) is 14.4. The molecule has 0 saturated heterocycles. The van der Waals surface area contributed by atoms with Crippen molar-refractivity contribution in [1.29, 1.82) is 0 Å². The van der Waals surface area contributed by atoms with Crippen molar-refractivity contribution in [3.05, 3.63) is 65.5 Å². The minimum absolute atomic E-state index is 0.134. The van der Waals surface area contributed by atoms with Crippen LogP contribution in [0.15, 0.2) is 47.9 Å². The van der Waals surface area contributed by atoms with E-state index < -0.39 is 29.5 Å². The lowest BCUT2D eigenvalue weighted by molar-refractivity contribution is -0.137. The Labute approximate surface area is 166 Å². The van der Waals surface area contributed by atoms with Gasteiger partial charge in [0.1, 0.15) is 5.82 Å². The molecule has 2 N–H and O–H groups in total. The quantitative estimate of drug-likeness (QED) is 0.305. The maximum Gasteiger partial charge on any atom is 0.416 e. The average molecular weight is 446 g/mol. The second kappa shape index (κ2) is 9.56. The first-order chi connectivity index (χ1) is 12.7. The van der Waals surface area contributed by atoms with Crippen LogP contribution in [0.2, 0.25) is 0 Å². The predicted octanol–water partition coefficient (Wildman–Crippen LogP) is 7.29. The smallest absolute Gasteiger partial charge is 0.396 e. The third-order valence-corrected chi connectivity index (χ3v) is 4.65. The van der Waals surface area contributed by atoms with E-state index in [4.69, 9.17) is 17.3 Å². The number of nitrogens with two attached hydrogens (primary N) is 1. The molecule has 10 heteroatoms. The minimum Gasteiger partial charge on any atom is -0.396 e. The highest BCUT2D eigenvalue weighted by Gasteiger charge is 2.30. The van der Waals surface area contributed by atoms with Gasteiger partial charge in [-0.25, -0.2) is 4.39 Å². The van der Waals surface area contributed by atoms with E-state index in [0.717, 1.165) is 18.2 Å². The summed E-state index contributed by atoms with van der Waals surface area (Å²) in [4.78, 5) is 0.353. The van der Waals surface area contributed by atoms with Gasteiger partial charge in [-0.05, 0) is 42.3 Å². The lowest BCUT2D eigenvalue weighted by Gasteiger charge is -2.09. The summed E-state index contributed by atoms with van der Waals surface area (Å²) < 4.78 is 84.9. The molecule has 0 saturated carbocycles. The topological polar surface area (TPSA) is 26.0 Å². The van der Waals surface area contributed by atoms with Crippen molar-refractivity contribution >= 4 is 34.1 Å². The van der Waals surface area contributed by atoms with Crippen molar-refractivity contribution < 1.29 is 30.7 Å². The molecule has 0 aromatic heterocycles. The summed E-state index contributed by atoms with van der Waals surface area (Å²) in [6.07, 6.45) is -8.54. The molecule has 154 valence electrons. The highest BCUT2D eigenvalue weighted by Crippen LogP contribution is 2.32. The van der Waals surface area contributed by atoms with E-state index in [1.54, 1.807) is 6.92 Å². The molecule has 0 bridgehead atoms. The Morgan fingerprint density at radius 2 is 1.61 bits per heavy atom. The van der Waals surface area contributed by atoms with Gasteiger partial charge < -0.3 is 5.73 Å². The second-order valence-corrected chi connectivity index (χ2v) is 7.00. The van der Waals surface area contributed by atoms with E-state index in [1.165, 1.54) is 18.2 Å². The van der Waals surface area contributed by atoms with Crippen LogP contribution in [0.25, 0.3) is 5.03 Å². The van der Waals surface area contributed by atoms with Crippen LogP contribution in [0.3, 0.4) is 0 Å². The summed E-state index contributed by atoms with van der Waals surface area (Å²) >= 11 is 6.10. The van der Waals surface area contributed by atoms with E-state index >= 15 is 0 Å². The SMILES string of the molecule is C=C(Cl)c1ccc(C(F)(F)F)cc1.Cc1cc(F)c(N)cc1SCC(F)(F)F. The number of thioether (sulfide) groups is 1. The van der Waals surface area contributed by atoms with Gasteiger partial charge in [0.2, 0.25) is 0 Å². The first-order valence-corrected chi connectivity index (χ1v) is 8.84. The summed E-state index contributed by atoms with van der Waals surface area (Å²) in [7, 11) is 0. The monoisotopic (exact) mass is 445 g/mol. The molecule has 0 radical (unpaired) electrons. The molecule has 0 amide bonds. The summed E-state index contributed by atoms with van der Waals surface area (Å²) in [5, 5.41) is 0.230. The number of aryl methyl sites for hydroxylation is 1. The Bertz CT molecular complexity index is 814. The predicted molar refractivity (Wildman–Crippen MR) is 98.7 cm³/mol. The maximum atomic E-state index is 12.9. The van der Waals surface area contributed by atoms with Gasteiger partial charge in [0, 0.05) is 9.93 Å². The zero-order chi connectivity index (χ0) is 21.7. The van der Waals surface area contributed by atoms with Crippen molar-refractivity contribution in [2.75, 3.05) is 11.5 Å². The summed E-state index contributed by atoms with van der Waals surface area (Å²) in [6.45, 7) is 4.94. The number of alkyl halides is 6. The van der Waals surface area contributed by atoms with Crippen LogP contribution in [0, 0.1) is 12.7 Å². The fourth-order valence-electron chi connectivity index (χ4n) is 1.82. The zero-order valence-corrected chi connectivity index (χ0v) is 16.0. The number of benzene rings is 2. The first-order valence-electron chi connectivity index (χ1n) is 7.48. The molecule has 0 atom stereocenters. The van der Waals surface area contributed by atoms with Crippen LogP contribution < -0.4 is 5.73 Å².